The molecule has 0 saturated heterocycles. The number of aliphatic carboxylic acids is 1. The molecule has 0 aliphatic carbocycles. The van der Waals surface area contributed by atoms with Gasteiger partial charge in [-0.2, -0.15) is 0 Å². The first kappa shape index (κ1) is 11.0. The molecule has 6 heteroatoms. The molecule has 1 aliphatic rings. The molecule has 3 N–H and O–H groups in total. The largest absolute Gasteiger partial charge is 0.480 e. The normalized spacial score (nSPS) is 15.8. The van der Waals surface area contributed by atoms with Crippen LogP contribution in [0, 0.1) is 0 Å². The highest BCUT2D eigenvalue weighted by Crippen LogP contribution is 2.21. The summed E-state index contributed by atoms with van der Waals surface area (Å²) in [6, 6.07) is -0.977. The van der Waals surface area contributed by atoms with Crippen molar-refractivity contribution in [1.82, 2.24) is 9.55 Å². The number of fused-ring (bicyclic) bond motifs is 1. The van der Waals surface area contributed by atoms with Crippen LogP contribution in [-0.2, 0) is 17.8 Å². The third kappa shape index (κ3) is 1.60. The van der Waals surface area contributed by atoms with Crippen molar-refractivity contribution in [1.29, 1.82) is 0 Å². The van der Waals surface area contributed by atoms with E-state index in [0.29, 0.717) is 5.69 Å². The predicted octanol–water partition coefficient (Wildman–Crippen LogP) is 0.335. The second-order valence-electron chi connectivity index (χ2n) is 3.19. The second-order valence-corrected chi connectivity index (χ2v) is 3.19. The predicted molar refractivity (Wildman–Crippen MR) is 52.4 cm³/mol. The maximum atomic E-state index is 10.6. The lowest BCUT2D eigenvalue weighted by atomic mass is 10.1. The van der Waals surface area contributed by atoms with Crippen molar-refractivity contribution in [3.8, 4) is 0 Å². The fourth-order valence-corrected chi connectivity index (χ4v) is 1.68. The molecular formula is C8H12ClN3O2. The second kappa shape index (κ2) is 3.98. The summed E-state index contributed by atoms with van der Waals surface area (Å²) in [7, 11) is 0. The molecule has 5 nitrogen and oxygen atoms in total. The van der Waals surface area contributed by atoms with Crippen molar-refractivity contribution in [2.75, 3.05) is 0 Å². The van der Waals surface area contributed by atoms with Gasteiger partial charge in [0.1, 0.15) is 6.04 Å². The maximum Gasteiger partial charge on any atom is 0.326 e. The summed E-state index contributed by atoms with van der Waals surface area (Å²) in [6.07, 6.45) is 3.61. The topological polar surface area (TPSA) is 81.1 Å². The van der Waals surface area contributed by atoms with Crippen LogP contribution < -0.4 is 5.73 Å². The standard InChI is InChI=1S/C8H11N3O2.ClH/c9-6(8(12)13)7-5-2-1-3-11(5)4-10-7;/h4,6H,1-3,9H2,(H,12,13);1H. The molecule has 2 rings (SSSR count). The molecule has 0 fully saturated rings. The quantitative estimate of drug-likeness (QED) is 0.749. The Labute approximate surface area is 87.3 Å². The van der Waals surface area contributed by atoms with E-state index in [9.17, 15) is 4.79 Å². The fourth-order valence-electron chi connectivity index (χ4n) is 1.68. The zero-order valence-electron chi connectivity index (χ0n) is 7.51. The molecule has 1 unspecified atom stereocenters. The molecule has 1 aromatic heterocycles. The minimum atomic E-state index is -1.02. The fraction of sp³-hybridized carbons (Fsp3) is 0.500. The number of halogens is 1. The van der Waals surface area contributed by atoms with Crippen LogP contribution in [0.4, 0.5) is 0 Å². The Morgan fingerprint density at radius 1 is 1.71 bits per heavy atom. The molecule has 1 aliphatic heterocycles. The number of carboxylic acids is 1. The number of aryl methyl sites for hydroxylation is 1. The van der Waals surface area contributed by atoms with Crippen LogP contribution in [0.15, 0.2) is 6.33 Å². The average molecular weight is 218 g/mol. The Morgan fingerprint density at radius 3 is 3.07 bits per heavy atom. The van der Waals surface area contributed by atoms with Crippen molar-refractivity contribution < 1.29 is 9.90 Å². The van der Waals surface area contributed by atoms with Crippen LogP contribution in [0.2, 0.25) is 0 Å². The minimum absolute atomic E-state index is 0. The lowest BCUT2D eigenvalue weighted by Crippen LogP contribution is -2.22. The van der Waals surface area contributed by atoms with E-state index in [0.717, 1.165) is 25.1 Å². The highest BCUT2D eigenvalue weighted by molar-refractivity contribution is 5.85. The molecule has 78 valence electrons. The van der Waals surface area contributed by atoms with Crippen molar-refractivity contribution >= 4 is 18.4 Å². The summed E-state index contributed by atoms with van der Waals surface area (Å²) in [5, 5.41) is 8.71. The molecule has 0 amide bonds. The Hall–Kier alpha value is -1.07. The molecule has 1 aromatic rings. The van der Waals surface area contributed by atoms with Crippen LogP contribution in [0.5, 0.6) is 0 Å². The highest BCUT2D eigenvalue weighted by atomic mass is 35.5. The van der Waals surface area contributed by atoms with E-state index in [2.05, 4.69) is 4.98 Å². The number of hydrogen-bond donors (Lipinski definition) is 2. The number of hydrogen-bond acceptors (Lipinski definition) is 3. The zero-order valence-corrected chi connectivity index (χ0v) is 8.33. The Bertz CT molecular complexity index is 350. The van der Waals surface area contributed by atoms with Gasteiger partial charge in [0.2, 0.25) is 0 Å². The van der Waals surface area contributed by atoms with Gasteiger partial charge in [0.05, 0.1) is 12.0 Å². The van der Waals surface area contributed by atoms with Crippen LogP contribution in [0.25, 0.3) is 0 Å². The highest BCUT2D eigenvalue weighted by Gasteiger charge is 2.24. The maximum absolute atomic E-state index is 10.6. The molecule has 0 bridgehead atoms. The van der Waals surface area contributed by atoms with Crippen LogP contribution in [0.1, 0.15) is 23.9 Å². The number of imidazole rings is 1. The van der Waals surface area contributed by atoms with Crippen molar-refractivity contribution in [2.24, 2.45) is 5.73 Å². The number of aromatic nitrogens is 2. The van der Waals surface area contributed by atoms with Crippen LogP contribution in [-0.4, -0.2) is 20.6 Å². The van der Waals surface area contributed by atoms with E-state index >= 15 is 0 Å². The lowest BCUT2D eigenvalue weighted by Gasteiger charge is -2.04. The molecule has 1 atom stereocenters. The third-order valence-corrected chi connectivity index (χ3v) is 2.35. The summed E-state index contributed by atoms with van der Waals surface area (Å²) >= 11 is 0. The van der Waals surface area contributed by atoms with E-state index in [4.69, 9.17) is 10.8 Å². The summed E-state index contributed by atoms with van der Waals surface area (Å²) in [5.74, 6) is -1.02. The average Bonchev–Trinajstić information content (AvgIpc) is 2.61. The minimum Gasteiger partial charge on any atom is -0.480 e. The van der Waals surface area contributed by atoms with Gasteiger partial charge in [-0.05, 0) is 12.8 Å². The molecule has 0 saturated carbocycles. The van der Waals surface area contributed by atoms with Gasteiger partial charge in [0, 0.05) is 12.2 Å². The number of carboxylic acid groups (broad SMARTS) is 1. The molecular weight excluding hydrogens is 206 g/mol. The van der Waals surface area contributed by atoms with Crippen LogP contribution >= 0.6 is 12.4 Å². The number of nitrogens with zero attached hydrogens (tertiary/aromatic N) is 2. The van der Waals surface area contributed by atoms with E-state index in [-0.39, 0.29) is 12.4 Å². The van der Waals surface area contributed by atoms with Gasteiger partial charge in [0.25, 0.3) is 0 Å². The van der Waals surface area contributed by atoms with E-state index in [1.54, 1.807) is 6.33 Å². The van der Waals surface area contributed by atoms with Gasteiger partial charge in [-0.3, -0.25) is 4.79 Å². The Morgan fingerprint density at radius 2 is 2.43 bits per heavy atom. The number of carbonyl (C=O) groups is 1. The molecule has 0 radical (unpaired) electrons. The Balaban J connectivity index is 0.000000980. The van der Waals surface area contributed by atoms with Crippen LogP contribution in [0.3, 0.4) is 0 Å². The van der Waals surface area contributed by atoms with Crippen molar-refractivity contribution in [2.45, 2.75) is 25.4 Å². The summed E-state index contributed by atoms with van der Waals surface area (Å²) in [6.45, 7) is 0.925. The van der Waals surface area contributed by atoms with Gasteiger partial charge in [-0.1, -0.05) is 0 Å². The van der Waals surface area contributed by atoms with E-state index < -0.39 is 12.0 Å². The summed E-state index contributed by atoms with van der Waals surface area (Å²) in [4.78, 5) is 14.6. The Kier molecular flexibility index (Phi) is 3.13. The number of rotatable bonds is 2. The smallest absolute Gasteiger partial charge is 0.326 e. The summed E-state index contributed by atoms with van der Waals surface area (Å²) < 4.78 is 1.97. The first-order chi connectivity index (χ1) is 6.20. The van der Waals surface area contributed by atoms with Gasteiger partial charge < -0.3 is 15.4 Å². The van der Waals surface area contributed by atoms with Gasteiger partial charge >= 0.3 is 5.97 Å². The van der Waals surface area contributed by atoms with E-state index in [1.807, 2.05) is 4.57 Å². The monoisotopic (exact) mass is 217 g/mol. The van der Waals surface area contributed by atoms with Crippen molar-refractivity contribution in [3.63, 3.8) is 0 Å². The first-order valence-electron chi connectivity index (χ1n) is 4.22. The first-order valence-corrected chi connectivity index (χ1v) is 4.22. The molecule has 14 heavy (non-hydrogen) atoms. The third-order valence-electron chi connectivity index (χ3n) is 2.35. The van der Waals surface area contributed by atoms with Gasteiger partial charge in [0.15, 0.2) is 0 Å². The molecule has 0 spiro atoms. The number of nitrogens with two attached hydrogens (primary N) is 1. The van der Waals surface area contributed by atoms with Gasteiger partial charge in [-0.25, -0.2) is 4.98 Å². The van der Waals surface area contributed by atoms with E-state index in [1.165, 1.54) is 0 Å². The van der Waals surface area contributed by atoms with Gasteiger partial charge in [-0.15, -0.1) is 12.4 Å². The summed E-state index contributed by atoms with van der Waals surface area (Å²) in [5.41, 5.74) is 6.98. The molecule has 2 heterocycles. The SMILES string of the molecule is Cl.NC(C(=O)O)c1ncn2c1CCC2. The lowest BCUT2D eigenvalue weighted by molar-refractivity contribution is -0.138. The molecule has 0 aromatic carbocycles. The van der Waals surface area contributed by atoms with Crippen molar-refractivity contribution in [3.05, 3.63) is 17.7 Å². The zero-order chi connectivity index (χ0) is 9.42.